The van der Waals surface area contributed by atoms with Gasteiger partial charge >= 0.3 is 0 Å². The van der Waals surface area contributed by atoms with E-state index in [0.29, 0.717) is 21.5 Å². The van der Waals surface area contributed by atoms with E-state index in [4.69, 9.17) is 10.5 Å². The van der Waals surface area contributed by atoms with Gasteiger partial charge < -0.3 is 10.5 Å². The number of benzene rings is 2. The third-order valence-electron chi connectivity index (χ3n) is 2.35. The molecule has 0 unspecified atom stereocenters. The molecule has 2 nitrogen and oxygen atoms in total. The lowest BCUT2D eigenvalue weighted by atomic mass is 10.2. The largest absolute Gasteiger partial charge is 0.488 e. The van der Waals surface area contributed by atoms with E-state index < -0.39 is 5.82 Å². The number of anilines is 1. The molecule has 0 aliphatic rings. The summed E-state index contributed by atoms with van der Waals surface area (Å²) in [6.07, 6.45) is 0. The molecule has 0 saturated heterocycles. The number of ether oxygens (including phenoxy) is 1. The van der Waals surface area contributed by atoms with Crippen LogP contribution in [-0.4, -0.2) is 0 Å². The van der Waals surface area contributed by atoms with Gasteiger partial charge in [0.1, 0.15) is 24.0 Å². The minimum Gasteiger partial charge on any atom is -0.488 e. The summed E-state index contributed by atoms with van der Waals surface area (Å²) in [5, 5.41) is 0. The molecule has 2 rings (SSSR count). The van der Waals surface area contributed by atoms with Gasteiger partial charge in [-0.15, -0.1) is 0 Å². The molecule has 0 amide bonds. The highest BCUT2D eigenvalue weighted by atomic mass is 79.9. The second-order valence-electron chi connectivity index (χ2n) is 3.71. The van der Waals surface area contributed by atoms with Gasteiger partial charge in [0.15, 0.2) is 0 Å². The molecule has 0 fully saturated rings. The summed E-state index contributed by atoms with van der Waals surface area (Å²) in [5.74, 6) is -0.339. The van der Waals surface area contributed by atoms with Crippen molar-refractivity contribution < 1.29 is 13.5 Å². The Kier molecular flexibility index (Phi) is 3.81. The molecule has 94 valence electrons. The van der Waals surface area contributed by atoms with Crippen molar-refractivity contribution in [2.45, 2.75) is 6.61 Å². The maximum Gasteiger partial charge on any atom is 0.134 e. The first-order valence-corrected chi connectivity index (χ1v) is 5.97. The van der Waals surface area contributed by atoms with E-state index in [-0.39, 0.29) is 12.4 Å². The van der Waals surface area contributed by atoms with Gasteiger partial charge in [-0.3, -0.25) is 0 Å². The summed E-state index contributed by atoms with van der Waals surface area (Å²) in [4.78, 5) is 0. The Morgan fingerprint density at radius 1 is 1.11 bits per heavy atom. The molecule has 0 aliphatic carbocycles. The zero-order chi connectivity index (χ0) is 13.1. The summed E-state index contributed by atoms with van der Waals surface area (Å²) in [7, 11) is 0. The summed E-state index contributed by atoms with van der Waals surface area (Å²) in [6.45, 7) is 0.0519. The molecule has 0 spiro atoms. The molecular formula is C13H10BrF2NO. The van der Waals surface area contributed by atoms with Gasteiger partial charge in [-0.05, 0) is 46.3 Å². The van der Waals surface area contributed by atoms with Gasteiger partial charge in [-0.1, -0.05) is 6.07 Å². The van der Waals surface area contributed by atoms with E-state index in [1.165, 1.54) is 24.3 Å². The van der Waals surface area contributed by atoms with Crippen molar-refractivity contribution in [3.63, 3.8) is 0 Å². The predicted molar refractivity (Wildman–Crippen MR) is 69.2 cm³/mol. The van der Waals surface area contributed by atoms with Crippen LogP contribution in [0.25, 0.3) is 0 Å². The van der Waals surface area contributed by atoms with Crippen LogP contribution in [0.2, 0.25) is 0 Å². The van der Waals surface area contributed by atoms with E-state index in [9.17, 15) is 8.78 Å². The molecule has 0 atom stereocenters. The van der Waals surface area contributed by atoms with E-state index in [1.807, 2.05) is 0 Å². The molecule has 0 aromatic heterocycles. The average molecular weight is 314 g/mol. The highest BCUT2D eigenvalue weighted by Crippen LogP contribution is 2.26. The van der Waals surface area contributed by atoms with Crippen molar-refractivity contribution in [2.24, 2.45) is 0 Å². The van der Waals surface area contributed by atoms with Crippen LogP contribution in [0.1, 0.15) is 5.56 Å². The molecule has 5 heteroatoms. The second kappa shape index (κ2) is 5.35. The summed E-state index contributed by atoms with van der Waals surface area (Å²) in [5.41, 5.74) is 6.20. The van der Waals surface area contributed by atoms with Crippen LogP contribution in [0, 0.1) is 11.6 Å². The zero-order valence-electron chi connectivity index (χ0n) is 9.29. The highest BCUT2D eigenvalue weighted by Gasteiger charge is 2.06. The van der Waals surface area contributed by atoms with Crippen LogP contribution in [0.15, 0.2) is 40.9 Å². The fourth-order valence-electron chi connectivity index (χ4n) is 1.43. The van der Waals surface area contributed by atoms with Gasteiger partial charge in [-0.2, -0.15) is 0 Å². The van der Waals surface area contributed by atoms with Crippen LogP contribution in [0.5, 0.6) is 5.75 Å². The third-order valence-corrected chi connectivity index (χ3v) is 2.97. The van der Waals surface area contributed by atoms with Gasteiger partial charge in [0.25, 0.3) is 0 Å². The third kappa shape index (κ3) is 2.98. The van der Waals surface area contributed by atoms with Gasteiger partial charge in [0, 0.05) is 11.3 Å². The van der Waals surface area contributed by atoms with Crippen molar-refractivity contribution >= 4 is 21.6 Å². The molecule has 18 heavy (non-hydrogen) atoms. The Hall–Kier alpha value is -1.62. The van der Waals surface area contributed by atoms with E-state index in [2.05, 4.69) is 15.9 Å². The number of nitrogens with two attached hydrogens (primary N) is 1. The van der Waals surface area contributed by atoms with Crippen LogP contribution < -0.4 is 10.5 Å². The molecule has 0 bridgehead atoms. The van der Waals surface area contributed by atoms with Crippen molar-refractivity contribution in [1.82, 2.24) is 0 Å². The van der Waals surface area contributed by atoms with Crippen LogP contribution in [-0.2, 0) is 6.61 Å². The molecule has 2 N–H and O–H groups in total. The molecule has 0 heterocycles. The first-order valence-electron chi connectivity index (χ1n) is 5.18. The van der Waals surface area contributed by atoms with Crippen molar-refractivity contribution in [3.8, 4) is 5.75 Å². The molecule has 0 aliphatic heterocycles. The Morgan fingerprint density at radius 2 is 1.89 bits per heavy atom. The van der Waals surface area contributed by atoms with Crippen LogP contribution in [0.3, 0.4) is 0 Å². The maximum atomic E-state index is 13.5. The Morgan fingerprint density at radius 3 is 2.56 bits per heavy atom. The zero-order valence-corrected chi connectivity index (χ0v) is 10.9. The van der Waals surface area contributed by atoms with E-state index in [0.717, 1.165) is 0 Å². The lowest BCUT2D eigenvalue weighted by Crippen LogP contribution is -2.00. The number of halogens is 3. The summed E-state index contributed by atoms with van der Waals surface area (Å²) >= 11 is 3.17. The normalized spacial score (nSPS) is 10.4. The van der Waals surface area contributed by atoms with E-state index >= 15 is 0 Å². The van der Waals surface area contributed by atoms with Crippen molar-refractivity contribution in [2.75, 3.05) is 5.73 Å². The number of hydrogen-bond acceptors (Lipinski definition) is 2. The molecule has 0 radical (unpaired) electrons. The Bertz CT molecular complexity index is 523. The Balaban J connectivity index is 2.11. The first-order chi connectivity index (χ1) is 8.56. The first kappa shape index (κ1) is 12.8. The fourth-order valence-corrected chi connectivity index (χ4v) is 1.89. The number of hydrogen-bond donors (Lipinski definition) is 1. The minimum absolute atomic E-state index is 0.0519. The average Bonchev–Trinajstić information content (AvgIpc) is 2.30. The number of nitrogen functional groups attached to an aromatic ring is 1. The molecule has 2 aromatic rings. The molecule has 0 saturated carbocycles. The topological polar surface area (TPSA) is 35.2 Å². The predicted octanol–water partition coefficient (Wildman–Crippen LogP) is 3.89. The molecular weight excluding hydrogens is 304 g/mol. The van der Waals surface area contributed by atoms with Gasteiger partial charge in [0.05, 0.1) is 4.47 Å². The van der Waals surface area contributed by atoms with Crippen molar-refractivity contribution in [1.29, 1.82) is 0 Å². The Labute approximate surface area is 112 Å². The lowest BCUT2D eigenvalue weighted by molar-refractivity contribution is 0.297. The van der Waals surface area contributed by atoms with Gasteiger partial charge in [0.2, 0.25) is 0 Å². The number of rotatable bonds is 3. The van der Waals surface area contributed by atoms with Gasteiger partial charge in [-0.25, -0.2) is 8.78 Å². The van der Waals surface area contributed by atoms with Crippen LogP contribution >= 0.6 is 15.9 Å². The fraction of sp³-hybridized carbons (Fsp3) is 0.0769. The SMILES string of the molecule is Nc1ccc(COc2ccc(F)cc2Br)c(F)c1. The molecule has 2 aromatic carbocycles. The lowest BCUT2D eigenvalue weighted by Gasteiger charge is -2.09. The monoisotopic (exact) mass is 313 g/mol. The second-order valence-corrected chi connectivity index (χ2v) is 4.57. The minimum atomic E-state index is -0.423. The smallest absolute Gasteiger partial charge is 0.134 e. The van der Waals surface area contributed by atoms with Crippen LogP contribution in [0.4, 0.5) is 14.5 Å². The van der Waals surface area contributed by atoms with Crippen molar-refractivity contribution in [3.05, 3.63) is 58.1 Å². The summed E-state index contributed by atoms with van der Waals surface area (Å²) < 4.78 is 32.2. The maximum absolute atomic E-state index is 13.5. The highest BCUT2D eigenvalue weighted by molar-refractivity contribution is 9.10. The summed E-state index contributed by atoms with van der Waals surface area (Å²) in [6, 6.07) is 8.44. The quantitative estimate of drug-likeness (QED) is 0.873. The van der Waals surface area contributed by atoms with E-state index in [1.54, 1.807) is 12.1 Å². The standard InChI is InChI=1S/C13H10BrF2NO/c14-11-5-9(15)2-4-13(11)18-7-8-1-3-10(17)6-12(8)16/h1-6H,7,17H2.